The van der Waals surface area contributed by atoms with Crippen LogP contribution in [0.25, 0.3) is 0 Å². The highest BCUT2D eigenvalue weighted by molar-refractivity contribution is 5.67. The molecule has 8 nitrogen and oxygen atoms in total. The molecular formula is C26H44N4O4. The monoisotopic (exact) mass is 476 g/mol. The second-order valence-corrected chi connectivity index (χ2v) is 11.7. The van der Waals surface area contributed by atoms with E-state index in [1.54, 1.807) is 11.9 Å². The lowest BCUT2D eigenvalue weighted by Gasteiger charge is -2.50. The van der Waals surface area contributed by atoms with E-state index in [1.807, 2.05) is 20.8 Å². The van der Waals surface area contributed by atoms with E-state index in [0.29, 0.717) is 17.9 Å². The fourth-order valence-electron chi connectivity index (χ4n) is 5.50. The van der Waals surface area contributed by atoms with Crippen molar-refractivity contribution >= 4 is 6.09 Å². The van der Waals surface area contributed by atoms with Gasteiger partial charge in [-0.05, 0) is 78.2 Å². The maximum absolute atomic E-state index is 12.3. The number of rotatable bonds is 7. The third kappa shape index (κ3) is 6.32. The highest BCUT2D eigenvalue weighted by Gasteiger charge is 2.47. The average molecular weight is 477 g/mol. The van der Waals surface area contributed by atoms with E-state index >= 15 is 0 Å². The minimum atomic E-state index is -0.480. The number of ether oxygens (including phenoxy) is 3. The predicted molar refractivity (Wildman–Crippen MR) is 131 cm³/mol. The molecule has 0 aromatic carbocycles. The predicted octanol–water partition coefficient (Wildman–Crippen LogP) is 4.56. The van der Waals surface area contributed by atoms with Crippen molar-refractivity contribution in [1.29, 1.82) is 0 Å². The maximum atomic E-state index is 12.3. The number of hydrogen-bond donors (Lipinski definition) is 0. The van der Waals surface area contributed by atoms with Gasteiger partial charge in [0.1, 0.15) is 11.8 Å². The third-order valence-electron chi connectivity index (χ3n) is 7.55. The zero-order valence-electron chi connectivity index (χ0n) is 21.8. The number of carbonyl (C=O) groups excluding carboxylic acids is 1. The van der Waals surface area contributed by atoms with Crippen LogP contribution < -0.4 is 0 Å². The Morgan fingerprint density at radius 2 is 1.91 bits per heavy atom. The zero-order valence-corrected chi connectivity index (χ0v) is 21.8. The van der Waals surface area contributed by atoms with Crippen LogP contribution in [0.3, 0.4) is 0 Å². The smallest absolute Gasteiger partial charge is 0.410 e. The van der Waals surface area contributed by atoms with Crippen molar-refractivity contribution in [1.82, 2.24) is 19.6 Å². The van der Waals surface area contributed by atoms with Crippen molar-refractivity contribution in [3.05, 3.63) is 17.5 Å². The second-order valence-electron chi connectivity index (χ2n) is 11.7. The third-order valence-corrected chi connectivity index (χ3v) is 7.55. The number of carbonyl (C=O) groups is 1. The maximum Gasteiger partial charge on any atom is 0.410 e. The van der Waals surface area contributed by atoms with Gasteiger partial charge in [-0.25, -0.2) is 9.48 Å². The molecule has 2 aliphatic heterocycles. The molecule has 0 radical (unpaired) electrons. The molecule has 1 aromatic rings. The SMILES string of the molecule is CN(CCN(C)C(=O)OC(C)(C)C)Cc1cn(C2CCCCO2)nc1C1CC2(CCOCC2)C1. The molecule has 2 saturated heterocycles. The van der Waals surface area contributed by atoms with Gasteiger partial charge < -0.3 is 24.0 Å². The highest BCUT2D eigenvalue weighted by Crippen LogP contribution is 2.56. The number of amides is 1. The van der Waals surface area contributed by atoms with Crippen LogP contribution >= 0.6 is 0 Å². The van der Waals surface area contributed by atoms with Crippen molar-refractivity contribution in [3.63, 3.8) is 0 Å². The molecule has 0 bridgehead atoms. The Morgan fingerprint density at radius 1 is 1.18 bits per heavy atom. The summed E-state index contributed by atoms with van der Waals surface area (Å²) in [6, 6.07) is 0. The van der Waals surface area contributed by atoms with Crippen molar-refractivity contribution in [2.45, 2.75) is 90.0 Å². The summed E-state index contributed by atoms with van der Waals surface area (Å²) < 4.78 is 19.2. The van der Waals surface area contributed by atoms with E-state index in [1.165, 1.54) is 43.4 Å². The summed E-state index contributed by atoms with van der Waals surface area (Å²) in [5.41, 5.74) is 2.53. The van der Waals surface area contributed by atoms with Gasteiger partial charge in [0, 0.05) is 64.2 Å². The standard InChI is InChI=1S/C26H44N4O4/c1-25(2,3)34-24(31)29(5)12-11-28(4)18-21-19-30(22-8-6-7-13-33-22)27-23(21)20-16-26(17-20)9-14-32-15-10-26/h19-20,22H,6-18H2,1-5H3. The summed E-state index contributed by atoms with van der Waals surface area (Å²) in [5, 5.41) is 5.10. The van der Waals surface area contributed by atoms with Crippen LogP contribution in [0.4, 0.5) is 4.79 Å². The summed E-state index contributed by atoms with van der Waals surface area (Å²) in [5.74, 6) is 0.524. The molecular weight excluding hydrogens is 432 g/mol. The van der Waals surface area contributed by atoms with Gasteiger partial charge in [0.2, 0.25) is 0 Å². The van der Waals surface area contributed by atoms with Crippen molar-refractivity contribution in [3.8, 4) is 0 Å². The van der Waals surface area contributed by atoms with E-state index in [2.05, 4.69) is 22.8 Å². The Morgan fingerprint density at radius 3 is 2.56 bits per heavy atom. The van der Waals surface area contributed by atoms with Crippen molar-refractivity contribution in [2.75, 3.05) is 47.0 Å². The molecule has 3 heterocycles. The van der Waals surface area contributed by atoms with Gasteiger partial charge >= 0.3 is 6.09 Å². The van der Waals surface area contributed by atoms with E-state index in [-0.39, 0.29) is 12.3 Å². The molecule has 3 fully saturated rings. The molecule has 1 amide bonds. The molecule has 4 rings (SSSR count). The summed E-state index contributed by atoms with van der Waals surface area (Å²) in [4.78, 5) is 16.2. The van der Waals surface area contributed by atoms with Crippen molar-refractivity contribution < 1.29 is 19.0 Å². The highest BCUT2D eigenvalue weighted by atomic mass is 16.6. The van der Waals surface area contributed by atoms with Crippen LogP contribution in [0.5, 0.6) is 0 Å². The normalized spacial score (nSPS) is 23.2. The van der Waals surface area contributed by atoms with Crippen LogP contribution in [0, 0.1) is 5.41 Å². The molecule has 1 spiro atoms. The Bertz CT molecular complexity index is 813. The molecule has 0 N–H and O–H groups in total. The van der Waals surface area contributed by atoms with Crippen LogP contribution in [-0.2, 0) is 20.8 Å². The van der Waals surface area contributed by atoms with Gasteiger partial charge in [-0.2, -0.15) is 5.10 Å². The first-order valence-electron chi connectivity index (χ1n) is 13.0. The van der Waals surface area contributed by atoms with E-state index < -0.39 is 5.60 Å². The Hall–Kier alpha value is -1.64. The first-order chi connectivity index (χ1) is 16.1. The molecule has 3 aliphatic rings. The van der Waals surface area contributed by atoms with Gasteiger partial charge in [-0.3, -0.25) is 0 Å². The van der Waals surface area contributed by atoms with Gasteiger partial charge in [-0.15, -0.1) is 0 Å². The topological polar surface area (TPSA) is 69.1 Å². The van der Waals surface area contributed by atoms with Gasteiger partial charge in [0.15, 0.2) is 0 Å². The van der Waals surface area contributed by atoms with Gasteiger partial charge in [-0.1, -0.05) is 0 Å². The van der Waals surface area contributed by atoms with Crippen LogP contribution in [-0.4, -0.2) is 78.3 Å². The minimum absolute atomic E-state index is 0.0574. The average Bonchev–Trinajstić information content (AvgIpc) is 3.19. The second kappa shape index (κ2) is 10.5. The van der Waals surface area contributed by atoms with E-state index in [9.17, 15) is 4.79 Å². The van der Waals surface area contributed by atoms with Crippen LogP contribution in [0.2, 0.25) is 0 Å². The first-order valence-corrected chi connectivity index (χ1v) is 13.0. The van der Waals surface area contributed by atoms with Gasteiger partial charge in [0.25, 0.3) is 0 Å². The Balaban J connectivity index is 1.39. The number of likely N-dealkylation sites (N-methyl/N-ethyl adjacent to an activating group) is 2. The van der Waals surface area contributed by atoms with Crippen LogP contribution in [0.1, 0.15) is 89.1 Å². The van der Waals surface area contributed by atoms with Crippen molar-refractivity contribution in [2.24, 2.45) is 5.41 Å². The number of hydrogen-bond acceptors (Lipinski definition) is 6. The summed E-state index contributed by atoms with van der Waals surface area (Å²) in [7, 11) is 3.91. The quantitative estimate of drug-likeness (QED) is 0.575. The van der Waals surface area contributed by atoms with Gasteiger partial charge in [0.05, 0.1) is 5.69 Å². The Labute approximate surface area is 204 Å². The zero-order chi connectivity index (χ0) is 24.3. The lowest BCUT2D eigenvalue weighted by atomic mass is 9.57. The fourth-order valence-corrected chi connectivity index (χ4v) is 5.50. The lowest BCUT2D eigenvalue weighted by molar-refractivity contribution is -0.0450. The first kappa shape index (κ1) is 25.5. The van der Waals surface area contributed by atoms with Crippen LogP contribution in [0.15, 0.2) is 6.20 Å². The van der Waals surface area contributed by atoms with E-state index in [0.717, 1.165) is 45.8 Å². The summed E-state index contributed by atoms with van der Waals surface area (Å²) in [6.45, 7) is 10.5. The molecule has 1 unspecified atom stereocenters. The molecule has 192 valence electrons. The molecule has 34 heavy (non-hydrogen) atoms. The minimum Gasteiger partial charge on any atom is -0.444 e. The molecule has 1 saturated carbocycles. The summed E-state index contributed by atoms with van der Waals surface area (Å²) in [6.07, 6.45) is 10.2. The summed E-state index contributed by atoms with van der Waals surface area (Å²) >= 11 is 0. The number of aromatic nitrogens is 2. The fraction of sp³-hybridized carbons (Fsp3) is 0.846. The molecule has 1 aliphatic carbocycles. The molecule has 1 atom stereocenters. The Kier molecular flexibility index (Phi) is 7.89. The largest absolute Gasteiger partial charge is 0.444 e. The molecule has 1 aromatic heterocycles. The lowest BCUT2D eigenvalue weighted by Crippen LogP contribution is -2.41. The molecule has 8 heteroatoms. The van der Waals surface area contributed by atoms with E-state index in [4.69, 9.17) is 19.3 Å². The number of nitrogens with zero attached hydrogens (tertiary/aromatic N) is 4.